The third-order valence-corrected chi connectivity index (χ3v) is 15.5. The summed E-state index contributed by atoms with van der Waals surface area (Å²) in [6.07, 6.45) is -35.1. The summed E-state index contributed by atoms with van der Waals surface area (Å²) in [6, 6.07) is 30.9. The van der Waals surface area contributed by atoms with Crippen LogP contribution in [0.4, 0.5) is 0 Å². The predicted octanol–water partition coefficient (Wildman–Crippen LogP) is 3.63. The Kier molecular flexibility index (Phi) is 27.0. The van der Waals surface area contributed by atoms with Crippen LogP contribution in [0.15, 0.2) is 121 Å². The number of carbonyl (C=O) groups excluding carboxylic acids is 11. The number of aliphatic hydroxyl groups excluding tert-OH is 1. The number of rotatable bonds is 26. The Balaban J connectivity index is 1.26. The Morgan fingerprint density at radius 2 is 0.626 bits per heavy atom. The van der Waals surface area contributed by atoms with Crippen LogP contribution in [0.3, 0.4) is 0 Å². The lowest BCUT2D eigenvalue weighted by Crippen LogP contribution is -2.69. The average molecular weight is 1390 g/mol. The molecule has 0 spiro atoms. The molecule has 0 amide bonds. The van der Waals surface area contributed by atoms with E-state index in [4.69, 9.17) is 90.0 Å². The van der Waals surface area contributed by atoms with Gasteiger partial charge in [0.05, 0.1) is 28.9 Å². The molecule has 31 nitrogen and oxygen atoms in total. The molecule has 0 saturated carbocycles. The first-order valence-electron chi connectivity index (χ1n) is 31.2. The molecule has 4 aromatic carbocycles. The van der Waals surface area contributed by atoms with Crippen molar-refractivity contribution in [2.45, 2.75) is 172 Å². The van der Waals surface area contributed by atoms with Crippen molar-refractivity contribution in [2.75, 3.05) is 33.5 Å². The SMILES string of the molecule is COC1OC(COC(C)=O)C(OC(C)=O)C(OC2OC(COC3OC(COC(=O)c4ccccc4)C(OC(=O)c4ccccc4)C(OC(=O)c4ccccc4)C3C)[C@H](OC(C)=O)C(OC3OC(COC(=O)c4ccccc4)C(OC(C)=O)C(O)C3OC(C)=O)C2OC(C)=O)C1OC(C)=O. The van der Waals surface area contributed by atoms with Crippen molar-refractivity contribution in [1.29, 1.82) is 0 Å². The van der Waals surface area contributed by atoms with Crippen molar-refractivity contribution in [3.05, 3.63) is 144 Å². The van der Waals surface area contributed by atoms with Gasteiger partial charge >= 0.3 is 65.7 Å². The number of hydrogen-bond acceptors (Lipinski definition) is 31. The lowest BCUT2D eigenvalue weighted by atomic mass is 9.91. The number of aliphatic hydroxyl groups is 1. The van der Waals surface area contributed by atoms with Crippen molar-refractivity contribution in [2.24, 2.45) is 5.92 Å². The van der Waals surface area contributed by atoms with Gasteiger partial charge in [0.25, 0.3) is 0 Å². The topological polar surface area (TPSA) is 383 Å². The molecule has 534 valence electrons. The largest absolute Gasteiger partial charge is 0.463 e. The maximum atomic E-state index is 14.2. The molecule has 8 rings (SSSR count). The van der Waals surface area contributed by atoms with Gasteiger partial charge in [0.2, 0.25) is 0 Å². The number of hydrogen-bond donors (Lipinski definition) is 1. The van der Waals surface area contributed by atoms with Gasteiger partial charge in [0.15, 0.2) is 67.9 Å². The van der Waals surface area contributed by atoms with E-state index in [0.717, 1.165) is 55.6 Å². The van der Waals surface area contributed by atoms with Gasteiger partial charge in [-0.2, -0.15) is 0 Å². The first kappa shape index (κ1) is 75.5. The van der Waals surface area contributed by atoms with Gasteiger partial charge in [-0.15, -0.1) is 0 Å². The van der Waals surface area contributed by atoms with Crippen molar-refractivity contribution in [3.63, 3.8) is 0 Å². The highest BCUT2D eigenvalue weighted by Crippen LogP contribution is 2.40. The van der Waals surface area contributed by atoms with E-state index in [1.165, 1.54) is 55.5 Å². The van der Waals surface area contributed by atoms with Crippen LogP contribution in [0.25, 0.3) is 0 Å². The minimum atomic E-state index is -2.21. The average Bonchev–Trinajstić information content (AvgIpc) is 0.775. The number of benzene rings is 4. The summed E-state index contributed by atoms with van der Waals surface area (Å²) in [5.41, 5.74) is 0.306. The van der Waals surface area contributed by atoms with E-state index in [9.17, 15) is 57.8 Å². The standard InChI is InChI=1S/C68H76O31/c1-34-51(96-63(79)44-26-18-12-19-27-44)53(97-64(80)45-28-20-13-21-29-45)48(32-84-62(78)43-24-16-11-17-25-43)92-65(34)85-33-49-55(88-38(5)72)58(98-67-56(89-39(6)73)50(76)52(86-36(3)70)46(94-67)31-83-61(77)42-22-14-10-15-23-42)60(91-41(8)75)68(95-49)99-57-54(87-37(4)71)47(30-82-35(2)69)93-66(81-9)59(57)90-40(7)74/h10-29,34,46-60,65-68,76H,30-33H2,1-9H3/t34?,46?,47?,48?,49?,50?,51?,52?,53?,54?,55-,56?,57?,58?,59?,60?,65?,66?,67?,68?/m0/s1. The zero-order valence-corrected chi connectivity index (χ0v) is 55.1. The Morgan fingerprint density at radius 3 is 1.03 bits per heavy atom. The van der Waals surface area contributed by atoms with Crippen LogP contribution >= 0.6 is 0 Å². The molecule has 4 heterocycles. The van der Waals surface area contributed by atoms with Gasteiger partial charge in [-0.3, -0.25) is 33.6 Å². The summed E-state index contributed by atoms with van der Waals surface area (Å²) in [7, 11) is 1.14. The van der Waals surface area contributed by atoms with Gasteiger partial charge in [-0.05, 0) is 48.5 Å². The van der Waals surface area contributed by atoms with E-state index in [0.29, 0.717) is 0 Å². The highest BCUT2D eigenvalue weighted by atomic mass is 16.8. The van der Waals surface area contributed by atoms with Crippen LogP contribution in [0.5, 0.6) is 0 Å². The van der Waals surface area contributed by atoms with Gasteiger partial charge in [-0.25, -0.2) is 19.2 Å². The molecular weight excluding hydrogens is 1310 g/mol. The van der Waals surface area contributed by atoms with Crippen LogP contribution in [-0.2, 0) is 124 Å². The monoisotopic (exact) mass is 1390 g/mol. The highest BCUT2D eigenvalue weighted by molar-refractivity contribution is 5.91. The smallest absolute Gasteiger partial charge is 0.338 e. The predicted molar refractivity (Wildman–Crippen MR) is 327 cm³/mol. The molecule has 20 atom stereocenters. The number of methoxy groups -OCH3 is 1. The normalized spacial score (nSPS) is 29.5. The second kappa shape index (κ2) is 35.5. The number of esters is 11. The zero-order chi connectivity index (χ0) is 71.6. The highest BCUT2D eigenvalue weighted by Gasteiger charge is 2.60. The fourth-order valence-electron chi connectivity index (χ4n) is 11.3. The van der Waals surface area contributed by atoms with Crippen molar-refractivity contribution >= 4 is 65.7 Å². The molecule has 4 aromatic rings. The third kappa shape index (κ3) is 20.4. The first-order chi connectivity index (χ1) is 47.3. The van der Waals surface area contributed by atoms with E-state index in [-0.39, 0.29) is 22.3 Å². The first-order valence-corrected chi connectivity index (χ1v) is 31.2. The zero-order valence-electron chi connectivity index (χ0n) is 55.1. The van der Waals surface area contributed by atoms with Crippen LogP contribution < -0.4 is 0 Å². The summed E-state index contributed by atoms with van der Waals surface area (Å²) >= 11 is 0. The van der Waals surface area contributed by atoms with Crippen LogP contribution in [-0.4, -0.2) is 221 Å². The fourth-order valence-corrected chi connectivity index (χ4v) is 11.3. The molecule has 4 fully saturated rings. The Bertz CT molecular complexity index is 3430. The van der Waals surface area contributed by atoms with E-state index in [1.807, 2.05) is 0 Å². The molecule has 4 aliphatic rings. The fraction of sp³-hybridized carbons (Fsp3) is 0.485. The van der Waals surface area contributed by atoms with E-state index >= 15 is 0 Å². The van der Waals surface area contributed by atoms with Crippen LogP contribution in [0.1, 0.15) is 96.8 Å². The maximum Gasteiger partial charge on any atom is 0.338 e. The van der Waals surface area contributed by atoms with Crippen molar-refractivity contribution in [1.82, 2.24) is 0 Å². The van der Waals surface area contributed by atoms with Gasteiger partial charge < -0.3 is 95.1 Å². The summed E-state index contributed by atoms with van der Waals surface area (Å²) in [4.78, 5) is 147. The second-order valence-corrected chi connectivity index (χ2v) is 22.9. The van der Waals surface area contributed by atoms with E-state index < -0.39 is 215 Å². The molecule has 0 aliphatic carbocycles. The van der Waals surface area contributed by atoms with Crippen LogP contribution in [0.2, 0.25) is 0 Å². The van der Waals surface area contributed by atoms with Crippen LogP contribution in [0, 0.1) is 5.92 Å². The minimum Gasteiger partial charge on any atom is -0.463 e. The molecule has 19 unspecified atom stereocenters. The Hall–Kier alpha value is -9.31. The van der Waals surface area contributed by atoms with Crippen molar-refractivity contribution in [3.8, 4) is 0 Å². The van der Waals surface area contributed by atoms with E-state index in [2.05, 4.69) is 0 Å². The van der Waals surface area contributed by atoms with Crippen molar-refractivity contribution < 1.29 is 148 Å². The molecular formula is C68H76O31. The van der Waals surface area contributed by atoms with Gasteiger partial charge in [-0.1, -0.05) is 79.7 Å². The lowest BCUT2D eigenvalue weighted by Gasteiger charge is -2.50. The summed E-state index contributed by atoms with van der Waals surface area (Å²) in [5, 5.41) is 12.2. The molecule has 31 heteroatoms. The summed E-state index contributed by atoms with van der Waals surface area (Å²) in [6.45, 7) is 5.34. The minimum absolute atomic E-state index is 0.0610. The molecule has 99 heavy (non-hydrogen) atoms. The third-order valence-electron chi connectivity index (χ3n) is 15.5. The molecule has 0 bridgehead atoms. The molecule has 1 N–H and O–H groups in total. The second-order valence-electron chi connectivity index (χ2n) is 22.9. The molecule has 4 saturated heterocycles. The maximum absolute atomic E-state index is 14.2. The lowest BCUT2D eigenvalue weighted by molar-refractivity contribution is -0.384. The van der Waals surface area contributed by atoms with Gasteiger partial charge in [0, 0.05) is 61.5 Å². The molecule has 0 aromatic heterocycles. The Morgan fingerprint density at radius 1 is 0.323 bits per heavy atom. The van der Waals surface area contributed by atoms with Gasteiger partial charge in [0.1, 0.15) is 68.7 Å². The number of ether oxygens (including phenoxy) is 19. The summed E-state index contributed by atoms with van der Waals surface area (Å²) < 4.78 is 115. The van der Waals surface area contributed by atoms with E-state index in [1.54, 1.807) is 72.8 Å². The quantitative estimate of drug-likeness (QED) is 0.0692. The Labute approximate surface area is 566 Å². The summed E-state index contributed by atoms with van der Waals surface area (Å²) in [5.74, 6) is -11.9. The number of carbonyl (C=O) groups is 11. The molecule has 4 aliphatic heterocycles. The molecule has 0 radical (unpaired) electrons.